The number of carbonyl (C=O) groups is 1. The molecule has 9 nitrogen and oxygen atoms in total. The van der Waals surface area contributed by atoms with Crippen LogP contribution in [0.4, 0.5) is 5.69 Å². The molecule has 2 aromatic rings. The third kappa shape index (κ3) is 4.53. The number of aromatic nitrogens is 2. The summed E-state index contributed by atoms with van der Waals surface area (Å²) in [6, 6.07) is 5.30. The number of esters is 1. The summed E-state index contributed by atoms with van der Waals surface area (Å²) in [5.41, 5.74) is 1.14. The highest BCUT2D eigenvalue weighted by Crippen LogP contribution is 2.46. The van der Waals surface area contributed by atoms with E-state index in [9.17, 15) is 13.2 Å². The molecule has 0 spiro atoms. The van der Waals surface area contributed by atoms with Crippen molar-refractivity contribution in [2.24, 2.45) is 18.9 Å². The van der Waals surface area contributed by atoms with Crippen molar-refractivity contribution in [2.75, 3.05) is 31.5 Å². The maximum atomic E-state index is 13.5. The summed E-state index contributed by atoms with van der Waals surface area (Å²) < 4.78 is 41.9. The first-order valence-electron chi connectivity index (χ1n) is 11.8. The third-order valence-electron chi connectivity index (χ3n) is 7.10. The Morgan fingerprint density at radius 2 is 2.09 bits per heavy atom. The fourth-order valence-electron chi connectivity index (χ4n) is 5.56. The van der Waals surface area contributed by atoms with Crippen LogP contribution in [0.25, 0.3) is 0 Å². The van der Waals surface area contributed by atoms with Gasteiger partial charge in [0, 0.05) is 19.8 Å². The number of benzene rings is 1. The second-order valence-corrected chi connectivity index (χ2v) is 11.9. The Hall–Kier alpha value is -2.59. The highest BCUT2D eigenvalue weighted by atomic mass is 32.2. The van der Waals surface area contributed by atoms with Crippen molar-refractivity contribution < 1.29 is 22.7 Å². The molecule has 3 unspecified atom stereocenters. The zero-order valence-electron chi connectivity index (χ0n) is 19.9. The van der Waals surface area contributed by atoms with Crippen LogP contribution in [0.5, 0.6) is 5.75 Å². The molecule has 2 fully saturated rings. The van der Waals surface area contributed by atoms with Gasteiger partial charge in [-0.3, -0.25) is 13.8 Å². The maximum Gasteiger partial charge on any atom is 0.310 e. The predicted molar refractivity (Wildman–Crippen MR) is 126 cm³/mol. The Labute approximate surface area is 200 Å². The van der Waals surface area contributed by atoms with E-state index >= 15 is 0 Å². The molecule has 0 N–H and O–H groups in total. The number of aryl methyl sites for hydroxylation is 1. The number of ether oxygens (including phenoxy) is 2. The minimum Gasteiger partial charge on any atom is -0.485 e. The number of carbonyl (C=O) groups excluding carboxylic acids is 1. The summed E-state index contributed by atoms with van der Waals surface area (Å²) in [5.74, 6) is 1.42. The van der Waals surface area contributed by atoms with Crippen molar-refractivity contribution in [3.8, 4) is 5.75 Å². The van der Waals surface area contributed by atoms with Gasteiger partial charge in [-0.05, 0) is 69.3 Å². The van der Waals surface area contributed by atoms with Crippen molar-refractivity contribution in [1.29, 1.82) is 0 Å². The zero-order chi connectivity index (χ0) is 24.0. The highest BCUT2D eigenvalue weighted by Gasteiger charge is 2.42. The summed E-state index contributed by atoms with van der Waals surface area (Å²) in [6.07, 6.45) is 7.17. The van der Waals surface area contributed by atoms with Gasteiger partial charge in [-0.25, -0.2) is 8.42 Å². The molecule has 1 aliphatic heterocycles. The van der Waals surface area contributed by atoms with Crippen molar-refractivity contribution >= 4 is 21.7 Å². The van der Waals surface area contributed by atoms with Crippen LogP contribution >= 0.6 is 0 Å². The molecule has 4 atom stereocenters. The standard InChI is InChI=1S/C24H32N4O5S/c1-26(2)13-19-14-28(34(30,31)20-12-25-27(3)15-20)21-9-17(5-7-22(21)32-19)11-24(29)33-23-10-16-4-6-18(23)8-16/h5,7,9,12,15-16,18-19,23H,4,6,8,10-11,13-14H2,1-3H3/t16?,18?,19-,23?/m0/s1. The van der Waals surface area contributed by atoms with E-state index in [0.717, 1.165) is 12.8 Å². The number of hydrogen-bond donors (Lipinski definition) is 0. The lowest BCUT2D eigenvalue weighted by molar-refractivity contribution is -0.150. The minimum absolute atomic E-state index is 0.0291. The Balaban J connectivity index is 1.39. The van der Waals surface area contributed by atoms with E-state index in [1.165, 1.54) is 34.2 Å². The molecule has 0 saturated heterocycles. The van der Waals surface area contributed by atoms with Crippen molar-refractivity contribution in [3.05, 3.63) is 36.2 Å². The van der Waals surface area contributed by atoms with E-state index in [1.807, 2.05) is 25.1 Å². The molecule has 0 amide bonds. The summed E-state index contributed by atoms with van der Waals surface area (Å²) in [6.45, 7) is 0.734. The number of sulfonamides is 1. The Morgan fingerprint density at radius 1 is 1.26 bits per heavy atom. The van der Waals surface area contributed by atoms with Crippen LogP contribution < -0.4 is 9.04 Å². The van der Waals surface area contributed by atoms with Crippen molar-refractivity contribution in [1.82, 2.24) is 14.7 Å². The predicted octanol–water partition coefficient (Wildman–Crippen LogP) is 2.21. The third-order valence-corrected chi connectivity index (χ3v) is 8.83. The molecule has 0 radical (unpaired) electrons. The lowest BCUT2D eigenvalue weighted by Crippen LogP contribution is -2.47. The molecule has 2 aliphatic carbocycles. The van der Waals surface area contributed by atoms with Crippen molar-refractivity contribution in [3.63, 3.8) is 0 Å². The van der Waals surface area contributed by atoms with Crippen LogP contribution in [0.2, 0.25) is 0 Å². The van der Waals surface area contributed by atoms with Crippen molar-refractivity contribution in [2.45, 2.75) is 49.2 Å². The highest BCUT2D eigenvalue weighted by molar-refractivity contribution is 7.92. The number of hydrogen-bond acceptors (Lipinski definition) is 7. The SMILES string of the molecule is CN(C)C[C@H]1CN(S(=O)(=O)c2cnn(C)c2)c2cc(CC(=O)OC3CC4CCC3C4)ccc2O1. The van der Waals surface area contributed by atoms with Gasteiger partial charge in [-0.15, -0.1) is 0 Å². The molecule has 184 valence electrons. The monoisotopic (exact) mass is 488 g/mol. The number of likely N-dealkylation sites (N-methyl/N-ethyl adjacent to an activating group) is 1. The molecule has 2 bridgehead atoms. The van der Waals surface area contributed by atoms with Crippen LogP contribution in [-0.4, -0.2) is 68.5 Å². The minimum atomic E-state index is -3.86. The smallest absolute Gasteiger partial charge is 0.310 e. The first-order chi connectivity index (χ1) is 16.2. The lowest BCUT2D eigenvalue weighted by atomic mass is 9.98. The summed E-state index contributed by atoms with van der Waals surface area (Å²) in [4.78, 5) is 14.8. The van der Waals surface area contributed by atoms with E-state index in [1.54, 1.807) is 19.2 Å². The van der Waals surface area contributed by atoms with Gasteiger partial charge in [-0.1, -0.05) is 6.07 Å². The van der Waals surface area contributed by atoms with E-state index < -0.39 is 10.0 Å². The van der Waals surface area contributed by atoms with E-state index in [4.69, 9.17) is 9.47 Å². The van der Waals surface area contributed by atoms with Crippen LogP contribution in [0.1, 0.15) is 31.2 Å². The topological polar surface area (TPSA) is 94.0 Å². The molecule has 1 aromatic heterocycles. The van der Waals surface area contributed by atoms with Crippen LogP contribution in [0.15, 0.2) is 35.5 Å². The molecule has 5 rings (SSSR count). The molecular formula is C24H32N4O5S. The molecule has 3 aliphatic rings. The first kappa shape index (κ1) is 23.2. The first-order valence-corrected chi connectivity index (χ1v) is 13.3. The molecule has 2 saturated carbocycles. The van der Waals surface area contributed by atoms with E-state index in [2.05, 4.69) is 5.10 Å². The maximum absolute atomic E-state index is 13.5. The Morgan fingerprint density at radius 3 is 2.74 bits per heavy atom. The van der Waals surface area contributed by atoms with Gasteiger partial charge in [-0.2, -0.15) is 5.10 Å². The fourth-order valence-corrected chi connectivity index (χ4v) is 7.05. The second-order valence-electron chi connectivity index (χ2n) is 10.1. The number of nitrogens with zero attached hydrogens (tertiary/aromatic N) is 4. The summed E-state index contributed by atoms with van der Waals surface area (Å²) in [7, 11) is 1.66. The zero-order valence-corrected chi connectivity index (χ0v) is 20.7. The molecular weight excluding hydrogens is 456 g/mol. The average molecular weight is 489 g/mol. The van der Waals surface area contributed by atoms with E-state index in [0.29, 0.717) is 35.4 Å². The van der Waals surface area contributed by atoms with Gasteiger partial charge in [0.15, 0.2) is 0 Å². The van der Waals surface area contributed by atoms with Crippen LogP contribution in [-0.2, 0) is 33.0 Å². The van der Waals surface area contributed by atoms with Gasteiger partial charge < -0.3 is 14.4 Å². The van der Waals surface area contributed by atoms with E-state index in [-0.39, 0.29) is 36.0 Å². The molecule has 1 aromatic carbocycles. The normalized spacial score (nSPS) is 25.9. The summed E-state index contributed by atoms with van der Waals surface area (Å²) in [5, 5.41) is 4.03. The van der Waals surface area contributed by atoms with Gasteiger partial charge in [0.1, 0.15) is 22.9 Å². The largest absolute Gasteiger partial charge is 0.485 e. The molecule has 10 heteroatoms. The van der Waals surface area contributed by atoms with Crippen LogP contribution in [0.3, 0.4) is 0 Å². The quantitative estimate of drug-likeness (QED) is 0.552. The van der Waals surface area contributed by atoms with Gasteiger partial charge >= 0.3 is 5.97 Å². The average Bonchev–Trinajstić information content (AvgIpc) is 3.50. The number of rotatable bonds is 7. The molecule has 2 heterocycles. The lowest BCUT2D eigenvalue weighted by Gasteiger charge is -2.36. The summed E-state index contributed by atoms with van der Waals surface area (Å²) >= 11 is 0. The molecule has 34 heavy (non-hydrogen) atoms. The van der Waals surface area contributed by atoms with Gasteiger partial charge in [0.2, 0.25) is 0 Å². The van der Waals surface area contributed by atoms with Gasteiger partial charge in [0.05, 0.1) is 24.8 Å². The Bertz CT molecular complexity index is 1180. The van der Waals surface area contributed by atoms with Crippen LogP contribution in [0, 0.1) is 11.8 Å². The second kappa shape index (κ2) is 8.88. The number of anilines is 1. The van der Waals surface area contributed by atoms with Gasteiger partial charge in [0.25, 0.3) is 10.0 Å². The Kier molecular flexibility index (Phi) is 6.05. The number of fused-ring (bicyclic) bond motifs is 3. The fraction of sp³-hybridized carbons (Fsp3) is 0.583.